The van der Waals surface area contributed by atoms with E-state index in [-0.39, 0.29) is 25.6 Å². The molecule has 1 aliphatic rings. The van der Waals surface area contributed by atoms with Gasteiger partial charge in [0.2, 0.25) is 0 Å². The van der Waals surface area contributed by atoms with Gasteiger partial charge in [-0.15, -0.1) is 0 Å². The van der Waals surface area contributed by atoms with E-state index in [1.165, 1.54) is 13.8 Å². The van der Waals surface area contributed by atoms with Gasteiger partial charge in [0.15, 0.2) is 0 Å². The summed E-state index contributed by atoms with van der Waals surface area (Å²) in [6.45, 7) is 5.84. The highest BCUT2D eigenvalue weighted by Crippen LogP contribution is 2.27. The Morgan fingerprint density at radius 3 is 2.36 bits per heavy atom. The zero-order chi connectivity index (χ0) is 18.8. The fourth-order valence-electron chi connectivity index (χ4n) is 2.45. The Morgan fingerprint density at radius 1 is 1.12 bits per heavy atom. The second-order valence-corrected chi connectivity index (χ2v) is 6.02. The molecule has 0 spiro atoms. The minimum atomic E-state index is -0.878. The molecule has 8 heteroatoms. The zero-order valence-electron chi connectivity index (χ0n) is 14.7. The highest BCUT2D eigenvalue weighted by Gasteiger charge is 2.31. The first-order chi connectivity index (χ1) is 11.8. The van der Waals surface area contributed by atoms with Crippen LogP contribution >= 0.6 is 0 Å². The quantitative estimate of drug-likeness (QED) is 0.357. The number of esters is 2. The highest BCUT2D eigenvalue weighted by molar-refractivity contribution is 5.86. The molecule has 0 aliphatic heterocycles. The van der Waals surface area contributed by atoms with Crippen molar-refractivity contribution in [3.63, 3.8) is 0 Å². The minimum Gasteiger partial charge on any atom is -0.481 e. The Hall–Kier alpha value is -1.93. The number of hydrogen-bond donors (Lipinski definition) is 1. The molecule has 3 unspecified atom stereocenters. The van der Waals surface area contributed by atoms with Crippen molar-refractivity contribution in [1.82, 2.24) is 0 Å². The number of rotatable bonds is 10. The molecule has 0 aromatic carbocycles. The minimum absolute atomic E-state index is 0.102. The number of ether oxygens (including phenoxy) is 4. The van der Waals surface area contributed by atoms with E-state index in [1.807, 2.05) is 0 Å². The molecule has 142 valence electrons. The zero-order valence-corrected chi connectivity index (χ0v) is 14.7. The van der Waals surface area contributed by atoms with Crippen LogP contribution in [0.25, 0.3) is 0 Å². The van der Waals surface area contributed by atoms with Crippen LogP contribution in [0.15, 0.2) is 12.2 Å². The molecule has 0 heterocycles. The van der Waals surface area contributed by atoms with Gasteiger partial charge >= 0.3 is 17.9 Å². The Kier molecular flexibility index (Phi) is 9.15. The van der Waals surface area contributed by atoms with Crippen LogP contribution in [0, 0.1) is 5.92 Å². The molecule has 0 bridgehead atoms. The van der Waals surface area contributed by atoms with Crippen molar-refractivity contribution < 1.29 is 38.4 Å². The maximum Gasteiger partial charge on any atom is 0.333 e. The number of hydrogen-bond acceptors (Lipinski definition) is 7. The first-order valence-corrected chi connectivity index (χ1v) is 8.23. The van der Waals surface area contributed by atoms with Gasteiger partial charge < -0.3 is 24.1 Å². The molecule has 1 saturated carbocycles. The van der Waals surface area contributed by atoms with Gasteiger partial charge in [-0.2, -0.15) is 0 Å². The summed E-state index contributed by atoms with van der Waals surface area (Å²) in [5.41, 5.74) is 0.244. The van der Waals surface area contributed by atoms with Crippen LogP contribution in [0.2, 0.25) is 0 Å². The molecule has 1 N–H and O–H groups in total. The molecular formula is C17H26O8. The largest absolute Gasteiger partial charge is 0.481 e. The Morgan fingerprint density at radius 2 is 1.76 bits per heavy atom. The summed E-state index contributed by atoms with van der Waals surface area (Å²) in [5, 5.41) is 9.22. The Labute approximate surface area is 147 Å². The SMILES string of the molecule is C=C(C)C(=O)OCC(COC(C)=O)OCOC1CCCCC1C(=O)O. The van der Waals surface area contributed by atoms with Crippen molar-refractivity contribution >= 4 is 17.9 Å². The predicted molar refractivity (Wildman–Crippen MR) is 86.6 cm³/mol. The van der Waals surface area contributed by atoms with Crippen LogP contribution in [0.5, 0.6) is 0 Å². The summed E-state index contributed by atoms with van der Waals surface area (Å²) in [6.07, 6.45) is 1.87. The molecule has 1 aliphatic carbocycles. The van der Waals surface area contributed by atoms with Crippen LogP contribution in [-0.2, 0) is 33.3 Å². The fraction of sp³-hybridized carbons (Fsp3) is 0.706. The van der Waals surface area contributed by atoms with Gasteiger partial charge in [0.25, 0.3) is 0 Å². The first kappa shape index (κ1) is 21.1. The lowest BCUT2D eigenvalue weighted by atomic mass is 9.86. The van der Waals surface area contributed by atoms with E-state index in [4.69, 9.17) is 18.9 Å². The Bertz CT molecular complexity index is 487. The van der Waals surface area contributed by atoms with Gasteiger partial charge in [-0.25, -0.2) is 4.79 Å². The summed E-state index contributed by atoms with van der Waals surface area (Å²) < 4.78 is 20.9. The van der Waals surface area contributed by atoms with E-state index in [9.17, 15) is 19.5 Å². The summed E-state index contributed by atoms with van der Waals surface area (Å²) in [5.74, 6) is -2.49. The summed E-state index contributed by atoms with van der Waals surface area (Å²) in [6, 6.07) is 0. The van der Waals surface area contributed by atoms with Gasteiger partial charge in [-0.05, 0) is 19.8 Å². The van der Waals surface area contributed by atoms with Crippen LogP contribution in [0.1, 0.15) is 39.5 Å². The van der Waals surface area contributed by atoms with E-state index in [0.717, 1.165) is 12.8 Å². The average molecular weight is 358 g/mol. The molecule has 0 saturated heterocycles. The average Bonchev–Trinajstić information content (AvgIpc) is 2.56. The van der Waals surface area contributed by atoms with Crippen LogP contribution in [0.3, 0.4) is 0 Å². The highest BCUT2D eigenvalue weighted by atomic mass is 16.7. The fourth-order valence-corrected chi connectivity index (χ4v) is 2.45. The topological polar surface area (TPSA) is 108 Å². The molecular weight excluding hydrogens is 332 g/mol. The molecule has 8 nitrogen and oxygen atoms in total. The van der Waals surface area contributed by atoms with E-state index in [2.05, 4.69) is 6.58 Å². The van der Waals surface area contributed by atoms with Crippen LogP contribution < -0.4 is 0 Å². The number of carbonyl (C=O) groups excluding carboxylic acids is 2. The normalized spacial score (nSPS) is 21.2. The number of aliphatic carboxylic acids is 1. The van der Waals surface area contributed by atoms with E-state index < -0.39 is 36.0 Å². The molecule has 0 radical (unpaired) electrons. The van der Waals surface area contributed by atoms with Crippen LogP contribution in [0.4, 0.5) is 0 Å². The van der Waals surface area contributed by atoms with Gasteiger partial charge in [0.1, 0.15) is 26.1 Å². The van der Waals surface area contributed by atoms with Crippen molar-refractivity contribution in [2.75, 3.05) is 20.0 Å². The van der Waals surface area contributed by atoms with Gasteiger partial charge in [-0.3, -0.25) is 9.59 Å². The first-order valence-electron chi connectivity index (χ1n) is 8.23. The maximum atomic E-state index is 11.4. The van der Waals surface area contributed by atoms with E-state index in [0.29, 0.717) is 12.8 Å². The smallest absolute Gasteiger partial charge is 0.333 e. The number of carbonyl (C=O) groups is 3. The van der Waals surface area contributed by atoms with Crippen molar-refractivity contribution in [3.05, 3.63) is 12.2 Å². The van der Waals surface area contributed by atoms with Gasteiger partial charge in [-0.1, -0.05) is 19.4 Å². The number of carboxylic acids is 1. The molecule has 0 aromatic heterocycles. The summed E-state index contributed by atoms with van der Waals surface area (Å²) in [4.78, 5) is 33.6. The third-order valence-corrected chi connectivity index (χ3v) is 3.83. The lowest BCUT2D eigenvalue weighted by Gasteiger charge is -2.29. The van der Waals surface area contributed by atoms with E-state index >= 15 is 0 Å². The van der Waals surface area contributed by atoms with Crippen molar-refractivity contribution in [3.8, 4) is 0 Å². The van der Waals surface area contributed by atoms with Crippen molar-refractivity contribution in [1.29, 1.82) is 0 Å². The van der Waals surface area contributed by atoms with Gasteiger partial charge in [0, 0.05) is 12.5 Å². The molecule has 1 rings (SSSR count). The second kappa shape index (κ2) is 10.8. The molecule has 25 heavy (non-hydrogen) atoms. The monoisotopic (exact) mass is 358 g/mol. The molecule has 0 amide bonds. The third-order valence-electron chi connectivity index (χ3n) is 3.83. The predicted octanol–water partition coefficient (Wildman–Crippen LogP) is 1.67. The maximum absolute atomic E-state index is 11.4. The summed E-state index contributed by atoms with van der Waals surface area (Å²) >= 11 is 0. The van der Waals surface area contributed by atoms with Crippen LogP contribution in [-0.4, -0.2) is 55.2 Å². The Balaban J connectivity index is 2.46. The third kappa shape index (κ3) is 8.13. The molecule has 3 atom stereocenters. The summed E-state index contributed by atoms with van der Waals surface area (Å²) in [7, 11) is 0. The molecule has 0 aromatic rings. The lowest BCUT2D eigenvalue weighted by Crippen LogP contribution is -2.35. The van der Waals surface area contributed by atoms with Crippen molar-refractivity contribution in [2.24, 2.45) is 5.92 Å². The lowest BCUT2D eigenvalue weighted by molar-refractivity contribution is -0.179. The standard InChI is InChI=1S/C17H26O8/c1-11(2)17(21)23-9-13(8-22-12(3)18)24-10-25-15-7-5-4-6-14(15)16(19)20/h13-15H,1,4-10H2,2-3H3,(H,19,20). The van der Waals surface area contributed by atoms with Crippen molar-refractivity contribution in [2.45, 2.75) is 51.7 Å². The van der Waals surface area contributed by atoms with E-state index in [1.54, 1.807) is 0 Å². The molecule has 1 fully saturated rings. The van der Waals surface area contributed by atoms with Gasteiger partial charge in [0.05, 0.1) is 12.0 Å². The second-order valence-electron chi connectivity index (χ2n) is 6.02. The number of carboxylic acid groups (broad SMARTS) is 1.